The number of carbonyl (C=O) groups excluding carboxylic acids is 1. The van der Waals surface area contributed by atoms with Crippen LogP contribution in [-0.2, 0) is 4.74 Å². The van der Waals surface area contributed by atoms with Gasteiger partial charge in [-0.2, -0.15) is 0 Å². The molecule has 1 N–H and O–H groups in total. The van der Waals surface area contributed by atoms with Crippen molar-refractivity contribution in [2.24, 2.45) is 0 Å². The van der Waals surface area contributed by atoms with Gasteiger partial charge in [-0.15, -0.1) is 0 Å². The topological polar surface area (TPSA) is 54.5 Å². The number of pyridine rings is 1. The minimum Gasteiger partial charge on any atom is -0.385 e. The average molecular weight is 367 g/mol. The van der Waals surface area contributed by atoms with Crippen molar-refractivity contribution in [1.29, 1.82) is 0 Å². The van der Waals surface area contributed by atoms with Crippen LogP contribution in [0.1, 0.15) is 47.5 Å². The van der Waals surface area contributed by atoms with Gasteiger partial charge in [-0.3, -0.25) is 4.79 Å². The van der Waals surface area contributed by atoms with Gasteiger partial charge in [0, 0.05) is 39.5 Å². The maximum Gasteiger partial charge on any atom is 0.255 e. The molecule has 2 heterocycles. The van der Waals surface area contributed by atoms with Crippen LogP contribution >= 0.6 is 0 Å². The fraction of sp³-hybridized carbons (Fsp3) is 0.455. The molecule has 0 radical (unpaired) electrons. The summed E-state index contributed by atoms with van der Waals surface area (Å²) in [6, 6.07) is 14.4. The van der Waals surface area contributed by atoms with Crippen molar-refractivity contribution in [2.45, 2.75) is 31.6 Å². The Balaban J connectivity index is 1.54. The minimum atomic E-state index is 0.0853. The van der Waals surface area contributed by atoms with Crippen molar-refractivity contribution in [2.75, 3.05) is 38.7 Å². The lowest BCUT2D eigenvalue weighted by atomic mass is 9.92. The van der Waals surface area contributed by atoms with Crippen molar-refractivity contribution in [3.8, 4) is 0 Å². The van der Waals surface area contributed by atoms with Gasteiger partial charge < -0.3 is 15.0 Å². The molecular formula is C22H29N3O2. The van der Waals surface area contributed by atoms with Crippen molar-refractivity contribution >= 4 is 11.7 Å². The van der Waals surface area contributed by atoms with E-state index in [-0.39, 0.29) is 5.91 Å². The average Bonchev–Trinajstić information content (AvgIpc) is 2.98. The van der Waals surface area contributed by atoms with E-state index < -0.39 is 0 Å². The highest BCUT2D eigenvalue weighted by Gasteiger charge is 2.22. The highest BCUT2D eigenvalue weighted by Crippen LogP contribution is 2.28. The number of nitrogens with zero attached hydrogens (tertiary/aromatic N) is 2. The fourth-order valence-corrected chi connectivity index (χ4v) is 3.60. The summed E-state index contributed by atoms with van der Waals surface area (Å²) in [5, 5.41) is 3.24. The number of ether oxygens (including phenoxy) is 1. The lowest BCUT2D eigenvalue weighted by Gasteiger charge is -2.21. The van der Waals surface area contributed by atoms with Crippen LogP contribution in [0.25, 0.3) is 0 Å². The number of hydrogen-bond acceptors (Lipinski definition) is 4. The first-order valence-electron chi connectivity index (χ1n) is 9.81. The Kier molecular flexibility index (Phi) is 7.22. The molecule has 5 heteroatoms. The van der Waals surface area contributed by atoms with Crippen LogP contribution in [0, 0.1) is 0 Å². The van der Waals surface area contributed by atoms with Crippen LogP contribution < -0.4 is 5.32 Å². The second-order valence-corrected chi connectivity index (χ2v) is 7.04. The third-order valence-corrected chi connectivity index (χ3v) is 5.13. The number of nitrogens with one attached hydrogen (secondary N) is 1. The van der Waals surface area contributed by atoms with Gasteiger partial charge in [0.2, 0.25) is 0 Å². The van der Waals surface area contributed by atoms with Crippen LogP contribution in [0.5, 0.6) is 0 Å². The standard InChI is InChI=1S/C22H29N3O2/c1-27-16-6-13-23-21-11-10-20(17-24-21)22(26)25-14-5-9-19(12-15-25)18-7-3-2-4-8-18/h2-4,7-8,10-11,17,19H,5-6,9,12-16H2,1H3,(H,23,24). The van der Waals surface area contributed by atoms with Crippen molar-refractivity contribution in [3.05, 3.63) is 59.8 Å². The highest BCUT2D eigenvalue weighted by atomic mass is 16.5. The molecule has 2 aromatic rings. The van der Waals surface area contributed by atoms with Gasteiger partial charge in [-0.25, -0.2) is 4.98 Å². The Hall–Kier alpha value is -2.40. The van der Waals surface area contributed by atoms with Crippen molar-refractivity contribution in [3.63, 3.8) is 0 Å². The molecule has 1 atom stereocenters. The van der Waals surface area contributed by atoms with Gasteiger partial charge in [0.1, 0.15) is 5.82 Å². The molecule has 1 unspecified atom stereocenters. The van der Waals surface area contributed by atoms with E-state index in [9.17, 15) is 4.79 Å². The molecule has 144 valence electrons. The van der Waals surface area contributed by atoms with Gasteiger partial charge in [0.05, 0.1) is 5.56 Å². The van der Waals surface area contributed by atoms with E-state index in [2.05, 4.69) is 40.6 Å². The number of carbonyl (C=O) groups is 1. The Morgan fingerprint density at radius 1 is 1.19 bits per heavy atom. The van der Waals surface area contributed by atoms with Crippen molar-refractivity contribution < 1.29 is 9.53 Å². The molecule has 1 aromatic heterocycles. The first kappa shape index (κ1) is 19.4. The lowest BCUT2D eigenvalue weighted by molar-refractivity contribution is 0.0760. The van der Waals surface area contributed by atoms with E-state index in [0.29, 0.717) is 11.5 Å². The number of amides is 1. The zero-order valence-corrected chi connectivity index (χ0v) is 16.1. The smallest absolute Gasteiger partial charge is 0.255 e. The molecule has 1 aliphatic heterocycles. The number of rotatable bonds is 7. The molecule has 3 rings (SSSR count). The Bertz CT molecular complexity index is 703. The maximum atomic E-state index is 12.9. The summed E-state index contributed by atoms with van der Waals surface area (Å²) >= 11 is 0. The van der Waals surface area contributed by atoms with Gasteiger partial charge in [0.15, 0.2) is 0 Å². The Morgan fingerprint density at radius 3 is 2.78 bits per heavy atom. The van der Waals surface area contributed by atoms with Crippen LogP contribution in [0.15, 0.2) is 48.7 Å². The maximum absolute atomic E-state index is 12.9. The van der Waals surface area contributed by atoms with Gasteiger partial charge >= 0.3 is 0 Å². The van der Waals surface area contributed by atoms with Crippen LogP contribution in [0.2, 0.25) is 0 Å². The molecular weight excluding hydrogens is 338 g/mol. The molecule has 0 spiro atoms. The Morgan fingerprint density at radius 2 is 2.04 bits per heavy atom. The van der Waals surface area contributed by atoms with E-state index in [1.807, 2.05) is 17.0 Å². The van der Waals surface area contributed by atoms with E-state index in [1.165, 1.54) is 5.56 Å². The summed E-state index contributed by atoms with van der Waals surface area (Å²) in [6.45, 7) is 3.15. The number of methoxy groups -OCH3 is 1. The molecule has 0 bridgehead atoms. The predicted octanol–water partition coefficient (Wildman–Crippen LogP) is 3.94. The summed E-state index contributed by atoms with van der Waals surface area (Å²) in [5.74, 6) is 1.42. The third kappa shape index (κ3) is 5.54. The zero-order chi connectivity index (χ0) is 18.9. The van der Waals surface area contributed by atoms with Crippen LogP contribution in [0.3, 0.4) is 0 Å². The number of likely N-dealkylation sites (tertiary alicyclic amines) is 1. The third-order valence-electron chi connectivity index (χ3n) is 5.13. The molecule has 1 aromatic carbocycles. The number of aromatic nitrogens is 1. The second kappa shape index (κ2) is 10.1. The zero-order valence-electron chi connectivity index (χ0n) is 16.1. The molecule has 5 nitrogen and oxygen atoms in total. The normalized spacial score (nSPS) is 17.4. The predicted molar refractivity (Wildman–Crippen MR) is 108 cm³/mol. The highest BCUT2D eigenvalue weighted by molar-refractivity contribution is 5.94. The number of benzene rings is 1. The van der Waals surface area contributed by atoms with Gasteiger partial charge in [-0.05, 0) is 49.3 Å². The summed E-state index contributed by atoms with van der Waals surface area (Å²) in [4.78, 5) is 19.2. The summed E-state index contributed by atoms with van der Waals surface area (Å²) in [5.41, 5.74) is 2.05. The molecule has 1 aliphatic rings. The fourth-order valence-electron chi connectivity index (χ4n) is 3.60. The Labute approximate surface area is 161 Å². The summed E-state index contributed by atoms with van der Waals surface area (Å²) in [7, 11) is 1.70. The lowest BCUT2D eigenvalue weighted by Crippen LogP contribution is -2.32. The molecule has 27 heavy (non-hydrogen) atoms. The minimum absolute atomic E-state index is 0.0853. The summed E-state index contributed by atoms with van der Waals surface area (Å²) in [6.07, 6.45) is 5.80. The van der Waals surface area contributed by atoms with E-state index in [1.54, 1.807) is 13.3 Å². The van der Waals surface area contributed by atoms with Gasteiger partial charge in [0.25, 0.3) is 5.91 Å². The van der Waals surface area contributed by atoms with Crippen LogP contribution in [-0.4, -0.2) is 49.1 Å². The molecule has 0 saturated carbocycles. The first-order chi connectivity index (χ1) is 13.3. The molecule has 1 amide bonds. The molecule has 1 fully saturated rings. The molecule has 0 aliphatic carbocycles. The van der Waals surface area contributed by atoms with Crippen molar-refractivity contribution in [1.82, 2.24) is 9.88 Å². The van der Waals surface area contributed by atoms with Gasteiger partial charge in [-0.1, -0.05) is 30.3 Å². The first-order valence-corrected chi connectivity index (χ1v) is 9.81. The van der Waals surface area contributed by atoms with Crippen LogP contribution in [0.4, 0.5) is 5.82 Å². The number of hydrogen-bond donors (Lipinski definition) is 1. The monoisotopic (exact) mass is 367 g/mol. The quantitative estimate of drug-likeness (QED) is 0.753. The van der Waals surface area contributed by atoms with E-state index in [4.69, 9.17) is 4.74 Å². The number of anilines is 1. The molecule has 1 saturated heterocycles. The van der Waals surface area contributed by atoms with E-state index >= 15 is 0 Å². The summed E-state index contributed by atoms with van der Waals surface area (Å²) < 4.78 is 5.03. The second-order valence-electron chi connectivity index (χ2n) is 7.04. The van der Waals surface area contributed by atoms with E-state index in [0.717, 1.165) is 57.7 Å². The largest absolute Gasteiger partial charge is 0.385 e. The SMILES string of the molecule is COCCCNc1ccc(C(=O)N2CCCC(c3ccccc3)CC2)cn1.